The van der Waals surface area contributed by atoms with Gasteiger partial charge in [0.25, 0.3) is 0 Å². The number of carbonyl (C=O) groups is 1. The van der Waals surface area contributed by atoms with Crippen molar-refractivity contribution in [3.8, 4) is 0 Å². The number of rotatable bonds is 17. The lowest BCUT2D eigenvalue weighted by Gasteiger charge is -2.01. The first-order chi connectivity index (χ1) is 11.2. The molecule has 0 saturated carbocycles. The van der Waals surface area contributed by atoms with Crippen LogP contribution in [0.5, 0.6) is 0 Å². The highest BCUT2D eigenvalue weighted by atomic mass is 16.4. The number of hydrogen-bond donors (Lipinski definition) is 1. The van der Waals surface area contributed by atoms with Crippen molar-refractivity contribution in [1.29, 1.82) is 0 Å². The van der Waals surface area contributed by atoms with Crippen LogP contribution in [0.15, 0.2) is 24.3 Å². The van der Waals surface area contributed by atoms with Gasteiger partial charge in [-0.05, 0) is 38.5 Å². The van der Waals surface area contributed by atoms with Crippen LogP contribution in [0.3, 0.4) is 0 Å². The molecule has 0 saturated heterocycles. The lowest BCUT2D eigenvalue weighted by Crippen LogP contribution is -1.98. The molecular weight excluding hydrogens is 284 g/mol. The molecule has 0 aromatic carbocycles. The monoisotopic (exact) mass is 322 g/mol. The summed E-state index contributed by atoms with van der Waals surface area (Å²) in [7, 11) is 0. The smallest absolute Gasteiger partial charge is 0.330 e. The molecule has 2 nitrogen and oxygen atoms in total. The predicted octanol–water partition coefficient (Wildman–Crippen LogP) is 7.05. The second-order valence-electron chi connectivity index (χ2n) is 6.60. The van der Waals surface area contributed by atoms with Crippen molar-refractivity contribution in [2.24, 2.45) is 0 Å². The number of hydrogen-bond acceptors (Lipinski definition) is 1. The van der Waals surface area contributed by atoms with Gasteiger partial charge < -0.3 is 5.11 Å². The third kappa shape index (κ3) is 17.1. The first-order valence-electron chi connectivity index (χ1n) is 9.74. The van der Waals surface area contributed by atoms with Crippen LogP contribution < -0.4 is 0 Å². The maximum absolute atomic E-state index is 10.6. The highest BCUT2D eigenvalue weighted by molar-refractivity contribution is 5.85. The van der Waals surface area contributed by atoms with Gasteiger partial charge >= 0.3 is 5.97 Å². The third-order valence-corrected chi connectivity index (χ3v) is 4.29. The van der Waals surface area contributed by atoms with E-state index in [9.17, 15) is 4.79 Å². The lowest BCUT2D eigenvalue weighted by molar-refractivity contribution is -0.132. The minimum absolute atomic E-state index is 0.348. The molecular formula is C21H38O2. The van der Waals surface area contributed by atoms with Gasteiger partial charge in [-0.25, -0.2) is 4.79 Å². The molecule has 0 aromatic rings. The predicted molar refractivity (Wildman–Crippen MR) is 101 cm³/mol. The van der Waals surface area contributed by atoms with Crippen molar-refractivity contribution in [1.82, 2.24) is 0 Å². The van der Waals surface area contributed by atoms with E-state index < -0.39 is 5.97 Å². The van der Waals surface area contributed by atoms with Gasteiger partial charge in [0.15, 0.2) is 0 Å². The summed E-state index contributed by atoms with van der Waals surface area (Å²) in [6.07, 6.45) is 23.2. The SMILES string of the molecule is C=C(CCCCCCCCC=CCCCCCCCC)C(=O)O. The molecule has 0 aromatic heterocycles. The van der Waals surface area contributed by atoms with Gasteiger partial charge in [-0.2, -0.15) is 0 Å². The van der Waals surface area contributed by atoms with Crippen LogP contribution in [0.25, 0.3) is 0 Å². The zero-order valence-corrected chi connectivity index (χ0v) is 15.3. The Kier molecular flexibility index (Phi) is 16.5. The Labute approximate surface area is 144 Å². The Morgan fingerprint density at radius 3 is 1.70 bits per heavy atom. The van der Waals surface area contributed by atoms with Crippen molar-refractivity contribution < 1.29 is 9.90 Å². The summed E-state index contributed by atoms with van der Waals surface area (Å²) < 4.78 is 0. The van der Waals surface area contributed by atoms with Crippen LogP contribution in [0.1, 0.15) is 103 Å². The molecule has 0 unspecified atom stereocenters. The summed E-state index contributed by atoms with van der Waals surface area (Å²) >= 11 is 0. The quantitative estimate of drug-likeness (QED) is 0.177. The molecule has 0 radical (unpaired) electrons. The summed E-state index contributed by atoms with van der Waals surface area (Å²) in [6.45, 7) is 5.82. The van der Waals surface area contributed by atoms with Crippen LogP contribution in [-0.4, -0.2) is 11.1 Å². The van der Waals surface area contributed by atoms with Gasteiger partial charge in [0.05, 0.1) is 0 Å². The fourth-order valence-corrected chi connectivity index (χ4v) is 2.69. The van der Waals surface area contributed by atoms with Gasteiger partial charge in [0, 0.05) is 5.57 Å². The molecule has 0 rings (SSSR count). The minimum atomic E-state index is -0.849. The summed E-state index contributed by atoms with van der Waals surface area (Å²) in [4.78, 5) is 10.6. The Morgan fingerprint density at radius 2 is 1.22 bits per heavy atom. The standard InChI is InChI=1S/C21H38O2/c1-3-4-5-6-7-8-9-10-11-12-13-14-15-16-17-18-19-20(2)21(22)23/h10-11H,2-9,12-19H2,1H3,(H,22,23). The number of unbranched alkanes of at least 4 members (excludes halogenated alkanes) is 12. The summed E-state index contributed by atoms with van der Waals surface area (Å²) in [5.74, 6) is -0.849. The molecule has 0 fully saturated rings. The topological polar surface area (TPSA) is 37.3 Å². The molecule has 0 aliphatic rings. The zero-order chi connectivity index (χ0) is 17.2. The fourth-order valence-electron chi connectivity index (χ4n) is 2.69. The second-order valence-corrected chi connectivity index (χ2v) is 6.60. The Balaban J connectivity index is 3.16. The Bertz CT molecular complexity index is 318. The van der Waals surface area contributed by atoms with Gasteiger partial charge in [-0.15, -0.1) is 0 Å². The van der Waals surface area contributed by atoms with Crippen molar-refractivity contribution >= 4 is 5.97 Å². The molecule has 0 amide bonds. The van der Waals surface area contributed by atoms with Crippen LogP contribution in [0.2, 0.25) is 0 Å². The van der Waals surface area contributed by atoms with Gasteiger partial charge in [0.1, 0.15) is 0 Å². The summed E-state index contributed by atoms with van der Waals surface area (Å²) in [6, 6.07) is 0. The van der Waals surface area contributed by atoms with Gasteiger partial charge in [-0.3, -0.25) is 0 Å². The number of allylic oxidation sites excluding steroid dienone is 2. The van der Waals surface area contributed by atoms with Crippen LogP contribution >= 0.6 is 0 Å². The average molecular weight is 323 g/mol. The Hall–Kier alpha value is -1.05. The molecule has 134 valence electrons. The van der Waals surface area contributed by atoms with E-state index in [-0.39, 0.29) is 0 Å². The van der Waals surface area contributed by atoms with Crippen LogP contribution in [0.4, 0.5) is 0 Å². The highest BCUT2D eigenvalue weighted by Crippen LogP contribution is 2.12. The van der Waals surface area contributed by atoms with E-state index in [1.807, 2.05) is 0 Å². The first-order valence-corrected chi connectivity index (χ1v) is 9.74. The minimum Gasteiger partial charge on any atom is -0.478 e. The molecule has 0 aliphatic carbocycles. The normalized spacial score (nSPS) is 11.2. The van der Waals surface area contributed by atoms with E-state index in [4.69, 9.17) is 5.11 Å². The van der Waals surface area contributed by atoms with E-state index in [2.05, 4.69) is 25.7 Å². The van der Waals surface area contributed by atoms with E-state index >= 15 is 0 Å². The molecule has 0 aliphatic heterocycles. The van der Waals surface area contributed by atoms with E-state index in [1.165, 1.54) is 77.0 Å². The van der Waals surface area contributed by atoms with Gasteiger partial charge in [0.2, 0.25) is 0 Å². The molecule has 0 spiro atoms. The summed E-state index contributed by atoms with van der Waals surface area (Å²) in [5.41, 5.74) is 0.348. The maximum atomic E-state index is 10.6. The van der Waals surface area contributed by atoms with Crippen LogP contribution in [0, 0.1) is 0 Å². The molecule has 1 N–H and O–H groups in total. The Morgan fingerprint density at radius 1 is 0.783 bits per heavy atom. The van der Waals surface area contributed by atoms with E-state index in [1.54, 1.807) is 0 Å². The third-order valence-electron chi connectivity index (χ3n) is 4.29. The van der Waals surface area contributed by atoms with Crippen molar-refractivity contribution in [2.45, 2.75) is 103 Å². The number of carboxylic acid groups (broad SMARTS) is 1. The number of carboxylic acids is 1. The van der Waals surface area contributed by atoms with Crippen molar-refractivity contribution in [3.05, 3.63) is 24.3 Å². The molecule has 0 atom stereocenters. The van der Waals surface area contributed by atoms with Gasteiger partial charge in [-0.1, -0.05) is 83.4 Å². The van der Waals surface area contributed by atoms with Crippen molar-refractivity contribution in [3.63, 3.8) is 0 Å². The molecule has 0 heterocycles. The molecule has 0 bridgehead atoms. The molecule has 2 heteroatoms. The van der Waals surface area contributed by atoms with Crippen LogP contribution in [-0.2, 0) is 4.79 Å². The highest BCUT2D eigenvalue weighted by Gasteiger charge is 2.02. The second kappa shape index (κ2) is 17.3. The largest absolute Gasteiger partial charge is 0.478 e. The molecule has 23 heavy (non-hydrogen) atoms. The summed E-state index contributed by atoms with van der Waals surface area (Å²) in [5, 5.41) is 8.70. The fraction of sp³-hybridized carbons (Fsp3) is 0.762. The zero-order valence-electron chi connectivity index (χ0n) is 15.3. The first kappa shape index (κ1) is 21.9. The average Bonchev–Trinajstić information content (AvgIpc) is 2.54. The lowest BCUT2D eigenvalue weighted by atomic mass is 10.1. The number of aliphatic carboxylic acids is 1. The van der Waals surface area contributed by atoms with E-state index in [0.717, 1.165) is 12.8 Å². The maximum Gasteiger partial charge on any atom is 0.330 e. The van der Waals surface area contributed by atoms with Crippen molar-refractivity contribution in [2.75, 3.05) is 0 Å². The van der Waals surface area contributed by atoms with E-state index in [0.29, 0.717) is 12.0 Å².